The zero-order valence-corrected chi connectivity index (χ0v) is 14.4. The first-order valence-corrected chi connectivity index (χ1v) is 8.26. The van der Waals surface area contributed by atoms with Crippen molar-refractivity contribution in [3.8, 4) is 5.88 Å². The van der Waals surface area contributed by atoms with Gasteiger partial charge in [-0.1, -0.05) is 13.8 Å². The number of piperidine rings is 1. The fourth-order valence-corrected chi connectivity index (χ4v) is 2.71. The minimum absolute atomic E-state index is 0.473. The van der Waals surface area contributed by atoms with E-state index in [9.17, 15) is 0 Å². The molecule has 7 heteroatoms. The van der Waals surface area contributed by atoms with Gasteiger partial charge in [0.2, 0.25) is 11.8 Å². The van der Waals surface area contributed by atoms with Crippen molar-refractivity contribution in [2.45, 2.75) is 33.1 Å². The number of ether oxygens (including phenoxy) is 1. The van der Waals surface area contributed by atoms with Gasteiger partial charge in [0.05, 0.1) is 7.11 Å². The lowest BCUT2D eigenvalue weighted by molar-refractivity contribution is 0.396. The molecule has 0 amide bonds. The highest BCUT2D eigenvalue weighted by atomic mass is 32.1. The van der Waals surface area contributed by atoms with E-state index >= 15 is 0 Å². The number of aromatic nitrogens is 2. The van der Waals surface area contributed by atoms with Gasteiger partial charge >= 0.3 is 0 Å². The summed E-state index contributed by atoms with van der Waals surface area (Å²) in [4.78, 5) is 11.2. The van der Waals surface area contributed by atoms with Gasteiger partial charge < -0.3 is 20.3 Å². The predicted octanol–water partition coefficient (Wildman–Crippen LogP) is 2.42. The molecule has 0 aromatic carbocycles. The molecule has 22 heavy (non-hydrogen) atoms. The molecule has 2 heterocycles. The maximum Gasteiger partial charge on any atom is 0.234 e. The molecule has 1 aromatic rings. The number of hydrogen-bond acceptors (Lipinski definition) is 5. The van der Waals surface area contributed by atoms with Gasteiger partial charge in [0.15, 0.2) is 5.11 Å². The Balaban J connectivity index is 2.13. The van der Waals surface area contributed by atoms with Crippen LogP contribution in [0.5, 0.6) is 5.88 Å². The van der Waals surface area contributed by atoms with Gasteiger partial charge in [-0.05, 0) is 37.4 Å². The van der Waals surface area contributed by atoms with E-state index in [1.807, 2.05) is 6.07 Å². The summed E-state index contributed by atoms with van der Waals surface area (Å²) < 4.78 is 5.29. The first kappa shape index (κ1) is 16.7. The number of methoxy groups -OCH3 is 1. The van der Waals surface area contributed by atoms with E-state index in [1.54, 1.807) is 7.11 Å². The molecule has 0 aliphatic carbocycles. The van der Waals surface area contributed by atoms with E-state index in [1.165, 1.54) is 12.8 Å². The van der Waals surface area contributed by atoms with Crippen LogP contribution in [-0.4, -0.2) is 41.8 Å². The highest BCUT2D eigenvalue weighted by Gasteiger charge is 2.19. The molecule has 0 saturated carbocycles. The summed E-state index contributed by atoms with van der Waals surface area (Å²) >= 11 is 5.24. The summed E-state index contributed by atoms with van der Waals surface area (Å²) in [5.74, 6) is 2.59. The van der Waals surface area contributed by atoms with Gasteiger partial charge in [-0.25, -0.2) is 0 Å². The average molecular weight is 323 g/mol. The first-order valence-electron chi connectivity index (χ1n) is 7.85. The van der Waals surface area contributed by atoms with Crippen molar-refractivity contribution in [2.75, 3.05) is 37.0 Å². The van der Waals surface area contributed by atoms with Gasteiger partial charge in [-0.2, -0.15) is 9.97 Å². The van der Waals surface area contributed by atoms with Crippen molar-refractivity contribution in [1.29, 1.82) is 0 Å². The molecule has 1 saturated heterocycles. The number of nitrogens with zero attached hydrogens (tertiary/aromatic N) is 3. The van der Waals surface area contributed by atoms with Gasteiger partial charge in [0, 0.05) is 25.7 Å². The van der Waals surface area contributed by atoms with E-state index in [2.05, 4.69) is 39.3 Å². The van der Waals surface area contributed by atoms with Crippen molar-refractivity contribution in [2.24, 2.45) is 5.92 Å². The van der Waals surface area contributed by atoms with Gasteiger partial charge in [-0.3, -0.25) is 0 Å². The Morgan fingerprint density at radius 2 is 2.32 bits per heavy atom. The summed E-state index contributed by atoms with van der Waals surface area (Å²) in [7, 11) is 1.61. The fraction of sp³-hybridized carbons (Fsp3) is 0.667. The number of anilines is 2. The van der Waals surface area contributed by atoms with Crippen LogP contribution in [0.4, 0.5) is 11.8 Å². The Labute approximate surface area is 137 Å². The average Bonchev–Trinajstić information content (AvgIpc) is 2.52. The third-order valence-corrected chi connectivity index (χ3v) is 3.89. The van der Waals surface area contributed by atoms with E-state index in [4.69, 9.17) is 17.0 Å². The van der Waals surface area contributed by atoms with Crippen LogP contribution in [0.25, 0.3) is 0 Å². The zero-order chi connectivity index (χ0) is 15.9. The molecule has 1 unspecified atom stereocenters. The van der Waals surface area contributed by atoms with Crippen LogP contribution >= 0.6 is 12.2 Å². The largest absolute Gasteiger partial charge is 0.481 e. The van der Waals surface area contributed by atoms with Crippen molar-refractivity contribution < 1.29 is 4.74 Å². The van der Waals surface area contributed by atoms with E-state index in [0.717, 1.165) is 31.9 Å². The third-order valence-electron chi connectivity index (χ3n) is 3.64. The zero-order valence-electron chi connectivity index (χ0n) is 13.6. The molecule has 1 aromatic heterocycles. The Kier molecular flexibility index (Phi) is 6.18. The lowest BCUT2D eigenvalue weighted by atomic mass is 10.0. The fourth-order valence-electron chi connectivity index (χ4n) is 2.52. The number of hydrogen-bond donors (Lipinski definition) is 2. The normalized spacial score (nSPS) is 18.0. The van der Waals surface area contributed by atoms with Crippen LogP contribution in [0.1, 0.15) is 33.1 Å². The maximum atomic E-state index is 5.29. The van der Waals surface area contributed by atoms with Crippen molar-refractivity contribution in [1.82, 2.24) is 15.3 Å². The van der Waals surface area contributed by atoms with Crippen LogP contribution in [0.15, 0.2) is 6.07 Å². The molecule has 0 bridgehead atoms. The van der Waals surface area contributed by atoms with Gasteiger partial charge in [0.1, 0.15) is 5.82 Å². The molecule has 1 aliphatic heterocycles. The van der Waals surface area contributed by atoms with Gasteiger partial charge in [-0.15, -0.1) is 0 Å². The lowest BCUT2D eigenvalue weighted by Gasteiger charge is -2.32. The molecule has 2 rings (SSSR count). The first-order chi connectivity index (χ1) is 10.6. The Bertz CT molecular complexity index is 511. The van der Waals surface area contributed by atoms with Gasteiger partial charge in [0.25, 0.3) is 0 Å². The number of nitrogens with one attached hydrogen (secondary N) is 2. The van der Waals surface area contributed by atoms with E-state index < -0.39 is 0 Å². The Morgan fingerprint density at radius 3 is 3.00 bits per heavy atom. The second-order valence-electron chi connectivity index (χ2n) is 5.67. The van der Waals surface area contributed by atoms with Crippen molar-refractivity contribution >= 4 is 29.1 Å². The summed E-state index contributed by atoms with van der Waals surface area (Å²) in [5.41, 5.74) is 0. The summed E-state index contributed by atoms with van der Waals surface area (Å²) in [6.45, 7) is 7.22. The smallest absolute Gasteiger partial charge is 0.234 e. The highest BCUT2D eigenvalue weighted by molar-refractivity contribution is 7.80. The summed E-state index contributed by atoms with van der Waals surface area (Å²) in [6, 6.07) is 1.88. The molecule has 122 valence electrons. The van der Waals surface area contributed by atoms with Crippen LogP contribution in [0.3, 0.4) is 0 Å². The van der Waals surface area contributed by atoms with Crippen LogP contribution in [-0.2, 0) is 0 Å². The quantitative estimate of drug-likeness (QED) is 0.807. The monoisotopic (exact) mass is 323 g/mol. The van der Waals surface area contributed by atoms with Crippen molar-refractivity contribution in [3.63, 3.8) is 0 Å². The van der Waals surface area contributed by atoms with Crippen LogP contribution in [0, 0.1) is 5.92 Å². The molecule has 1 fully saturated rings. The summed E-state index contributed by atoms with van der Waals surface area (Å²) in [6.07, 6.45) is 3.47. The minimum Gasteiger partial charge on any atom is -0.481 e. The second kappa shape index (κ2) is 8.12. The topological polar surface area (TPSA) is 62.3 Å². The van der Waals surface area contributed by atoms with Crippen molar-refractivity contribution in [3.05, 3.63) is 6.07 Å². The molecule has 1 aliphatic rings. The third kappa shape index (κ3) is 4.69. The number of thiocarbonyl (C=S) groups is 1. The SMILES string of the molecule is CCCNC(=S)Nc1nc(OC)cc(N2CCCC(C)C2)n1. The maximum absolute atomic E-state index is 5.29. The predicted molar refractivity (Wildman–Crippen MR) is 93.7 cm³/mol. The molecule has 6 nitrogen and oxygen atoms in total. The molecule has 0 radical (unpaired) electrons. The molecule has 0 spiro atoms. The number of rotatable bonds is 5. The molecule has 2 N–H and O–H groups in total. The van der Waals surface area contributed by atoms with Crippen LogP contribution < -0.4 is 20.3 Å². The Morgan fingerprint density at radius 1 is 1.50 bits per heavy atom. The standard InChI is InChI=1S/C15H25N5OS/c1-4-7-16-15(22)19-14-17-12(9-13(18-14)21-3)20-8-5-6-11(2)10-20/h9,11H,4-8,10H2,1-3H3,(H2,16,17,18,19,22). The van der Waals surface area contributed by atoms with Crippen LogP contribution in [0.2, 0.25) is 0 Å². The highest BCUT2D eigenvalue weighted by Crippen LogP contribution is 2.24. The van der Waals surface area contributed by atoms with E-state index in [0.29, 0.717) is 22.9 Å². The molecule has 1 atom stereocenters. The lowest BCUT2D eigenvalue weighted by Crippen LogP contribution is -2.35. The molecular weight excluding hydrogens is 298 g/mol. The molecular formula is C15H25N5OS. The Hall–Kier alpha value is -1.63. The minimum atomic E-state index is 0.473. The second-order valence-corrected chi connectivity index (χ2v) is 6.07. The summed E-state index contributed by atoms with van der Waals surface area (Å²) in [5, 5.41) is 6.68. The van der Waals surface area contributed by atoms with E-state index in [-0.39, 0.29) is 0 Å².